The second-order valence-corrected chi connectivity index (χ2v) is 6.44. The average Bonchev–Trinajstić information content (AvgIpc) is 2.86. The average molecular weight is 341 g/mol. The van der Waals surface area contributed by atoms with Crippen LogP contribution in [0.2, 0.25) is 0 Å². The van der Waals surface area contributed by atoms with Crippen LogP contribution in [0.3, 0.4) is 0 Å². The summed E-state index contributed by atoms with van der Waals surface area (Å²) >= 11 is 0. The Bertz CT molecular complexity index is 772. The van der Waals surface area contributed by atoms with Crippen molar-refractivity contribution in [1.82, 2.24) is 20.2 Å². The molecular weight excluding hydrogens is 321 g/mol. The Labute approximate surface area is 145 Å². The third-order valence-corrected chi connectivity index (χ3v) is 4.69. The van der Waals surface area contributed by atoms with Crippen LogP contribution in [-0.2, 0) is 13.1 Å². The zero-order valence-electron chi connectivity index (χ0n) is 13.9. The molecule has 2 aliphatic heterocycles. The predicted octanol–water partition coefficient (Wildman–Crippen LogP) is 1.57. The van der Waals surface area contributed by atoms with Crippen molar-refractivity contribution < 1.29 is 9.18 Å². The minimum atomic E-state index is -0.227. The molecule has 0 spiro atoms. The molecule has 25 heavy (non-hydrogen) atoms. The molecule has 1 amide bonds. The molecule has 1 N–H and O–H groups in total. The maximum absolute atomic E-state index is 13.3. The van der Waals surface area contributed by atoms with Gasteiger partial charge in [0.2, 0.25) is 5.95 Å². The number of nitrogens with zero attached hydrogens (tertiary/aromatic N) is 4. The summed E-state index contributed by atoms with van der Waals surface area (Å²) in [6.45, 7) is 4.44. The van der Waals surface area contributed by atoms with Gasteiger partial charge < -0.3 is 15.1 Å². The van der Waals surface area contributed by atoms with Gasteiger partial charge in [-0.25, -0.2) is 14.4 Å². The molecule has 2 aromatic rings. The molecule has 2 aliphatic rings. The normalized spacial score (nSPS) is 17.3. The first-order valence-corrected chi connectivity index (χ1v) is 8.55. The highest BCUT2D eigenvalue weighted by Gasteiger charge is 2.23. The van der Waals surface area contributed by atoms with Gasteiger partial charge in [0.15, 0.2) is 0 Å². The largest absolute Gasteiger partial charge is 0.337 e. The summed E-state index contributed by atoms with van der Waals surface area (Å²) in [6.07, 6.45) is 4.13. The lowest BCUT2D eigenvalue weighted by atomic mass is 10.1. The van der Waals surface area contributed by atoms with Gasteiger partial charge >= 0.3 is 0 Å². The molecule has 1 saturated heterocycles. The lowest BCUT2D eigenvalue weighted by molar-refractivity contribution is 0.0765. The lowest BCUT2D eigenvalue weighted by Gasteiger charge is -2.20. The van der Waals surface area contributed by atoms with E-state index in [1.165, 1.54) is 6.07 Å². The van der Waals surface area contributed by atoms with E-state index in [1.54, 1.807) is 24.5 Å². The summed E-state index contributed by atoms with van der Waals surface area (Å²) in [5, 5.41) is 3.28. The van der Waals surface area contributed by atoms with Crippen LogP contribution in [-0.4, -0.2) is 47.0 Å². The number of fused-ring (bicyclic) bond motifs is 1. The Morgan fingerprint density at radius 2 is 1.88 bits per heavy atom. The van der Waals surface area contributed by atoms with Crippen LogP contribution < -0.4 is 10.2 Å². The highest BCUT2D eigenvalue weighted by Crippen LogP contribution is 2.26. The van der Waals surface area contributed by atoms with Gasteiger partial charge in [0.1, 0.15) is 5.82 Å². The van der Waals surface area contributed by atoms with E-state index in [9.17, 15) is 9.18 Å². The summed E-state index contributed by atoms with van der Waals surface area (Å²) in [5.74, 6) is 0.308. The quantitative estimate of drug-likeness (QED) is 0.898. The second-order valence-electron chi connectivity index (χ2n) is 6.44. The molecule has 0 atom stereocenters. The highest BCUT2D eigenvalue weighted by molar-refractivity contribution is 5.93. The summed E-state index contributed by atoms with van der Waals surface area (Å²) in [5.41, 5.74) is 2.55. The summed E-state index contributed by atoms with van der Waals surface area (Å²) < 4.78 is 13.3. The van der Waals surface area contributed by atoms with Crippen LogP contribution in [0, 0.1) is 5.82 Å². The van der Waals surface area contributed by atoms with Gasteiger partial charge in [-0.1, -0.05) is 6.07 Å². The maximum atomic E-state index is 13.3. The first-order chi connectivity index (χ1) is 12.2. The van der Waals surface area contributed by atoms with Gasteiger partial charge in [0.25, 0.3) is 5.91 Å². The van der Waals surface area contributed by atoms with Gasteiger partial charge in [0.05, 0.1) is 5.56 Å². The number of hydrogen-bond acceptors (Lipinski definition) is 5. The minimum Gasteiger partial charge on any atom is -0.337 e. The van der Waals surface area contributed by atoms with Crippen molar-refractivity contribution in [3.8, 4) is 0 Å². The molecule has 1 aromatic heterocycles. The van der Waals surface area contributed by atoms with E-state index in [4.69, 9.17) is 0 Å². The fourth-order valence-corrected chi connectivity index (χ4v) is 3.33. The molecule has 0 radical (unpaired) electrons. The van der Waals surface area contributed by atoms with Crippen LogP contribution in [0.25, 0.3) is 0 Å². The number of benzene rings is 1. The summed E-state index contributed by atoms with van der Waals surface area (Å²) in [4.78, 5) is 25.1. The van der Waals surface area contributed by atoms with Crippen molar-refractivity contribution in [2.24, 2.45) is 0 Å². The second kappa shape index (κ2) is 6.76. The van der Waals surface area contributed by atoms with Crippen molar-refractivity contribution in [3.05, 3.63) is 53.1 Å². The number of rotatable bonds is 2. The van der Waals surface area contributed by atoms with Crippen molar-refractivity contribution in [2.45, 2.75) is 19.5 Å². The molecule has 0 saturated carbocycles. The molecule has 0 bridgehead atoms. The number of halogens is 1. The smallest absolute Gasteiger partial charge is 0.257 e. The molecule has 7 heteroatoms. The number of amides is 1. The van der Waals surface area contributed by atoms with E-state index >= 15 is 0 Å². The van der Waals surface area contributed by atoms with E-state index in [0.29, 0.717) is 31.1 Å². The fraction of sp³-hybridized carbons (Fsp3) is 0.389. The number of anilines is 1. The molecular formula is C18H20FN5O. The topological polar surface area (TPSA) is 61.4 Å². The molecule has 1 aromatic carbocycles. The van der Waals surface area contributed by atoms with Crippen LogP contribution in [0.4, 0.5) is 10.3 Å². The van der Waals surface area contributed by atoms with E-state index in [1.807, 2.05) is 9.80 Å². The number of aromatic nitrogens is 2. The Balaban J connectivity index is 1.46. The van der Waals surface area contributed by atoms with Gasteiger partial charge in [-0.15, -0.1) is 0 Å². The van der Waals surface area contributed by atoms with Crippen molar-refractivity contribution in [1.29, 1.82) is 0 Å². The first-order valence-electron chi connectivity index (χ1n) is 8.55. The molecule has 4 rings (SSSR count). The van der Waals surface area contributed by atoms with E-state index in [0.717, 1.165) is 37.2 Å². The van der Waals surface area contributed by atoms with Gasteiger partial charge in [-0.05, 0) is 36.2 Å². The van der Waals surface area contributed by atoms with Crippen molar-refractivity contribution in [2.75, 3.05) is 31.1 Å². The molecule has 1 fully saturated rings. The van der Waals surface area contributed by atoms with Gasteiger partial charge in [-0.3, -0.25) is 4.79 Å². The molecule has 0 aliphatic carbocycles. The van der Waals surface area contributed by atoms with E-state index in [2.05, 4.69) is 15.3 Å². The Morgan fingerprint density at radius 3 is 2.72 bits per heavy atom. The van der Waals surface area contributed by atoms with Crippen molar-refractivity contribution >= 4 is 11.9 Å². The zero-order valence-corrected chi connectivity index (χ0v) is 13.9. The molecule has 0 unspecified atom stereocenters. The lowest BCUT2D eigenvalue weighted by Crippen LogP contribution is -2.34. The van der Waals surface area contributed by atoms with E-state index < -0.39 is 0 Å². The fourth-order valence-electron chi connectivity index (χ4n) is 3.33. The van der Waals surface area contributed by atoms with Gasteiger partial charge in [-0.2, -0.15) is 0 Å². The SMILES string of the molecule is O=C(c1cnc(N2Cc3ccc(F)cc3C2)nc1)N1CCCNCC1. The number of hydrogen-bond donors (Lipinski definition) is 1. The number of carbonyl (C=O) groups is 1. The summed E-state index contributed by atoms with van der Waals surface area (Å²) in [6, 6.07) is 4.83. The van der Waals surface area contributed by atoms with Gasteiger partial charge in [0, 0.05) is 45.1 Å². The zero-order chi connectivity index (χ0) is 17.2. The third-order valence-electron chi connectivity index (χ3n) is 4.69. The van der Waals surface area contributed by atoms with Crippen molar-refractivity contribution in [3.63, 3.8) is 0 Å². The first kappa shape index (κ1) is 16.0. The third kappa shape index (κ3) is 3.32. The Morgan fingerprint density at radius 1 is 1.08 bits per heavy atom. The number of carbonyl (C=O) groups excluding carboxylic acids is 1. The van der Waals surface area contributed by atoms with Crippen LogP contribution in [0.15, 0.2) is 30.6 Å². The standard InChI is InChI=1S/C18H20FN5O/c19-16-3-2-13-11-24(12-14(13)8-16)18-21-9-15(10-22-18)17(25)23-6-1-4-20-5-7-23/h2-3,8-10,20H,1,4-7,11-12H2. The molecule has 6 nitrogen and oxygen atoms in total. The summed E-state index contributed by atoms with van der Waals surface area (Å²) in [7, 11) is 0. The minimum absolute atomic E-state index is 0.0259. The molecule has 3 heterocycles. The Kier molecular flexibility index (Phi) is 4.31. The monoisotopic (exact) mass is 341 g/mol. The maximum Gasteiger partial charge on any atom is 0.257 e. The van der Waals surface area contributed by atoms with Crippen LogP contribution >= 0.6 is 0 Å². The predicted molar refractivity (Wildman–Crippen MR) is 91.7 cm³/mol. The highest BCUT2D eigenvalue weighted by atomic mass is 19.1. The molecule has 130 valence electrons. The van der Waals surface area contributed by atoms with Crippen LogP contribution in [0.5, 0.6) is 0 Å². The van der Waals surface area contributed by atoms with E-state index in [-0.39, 0.29) is 11.7 Å². The number of nitrogens with one attached hydrogen (secondary N) is 1. The van der Waals surface area contributed by atoms with Crippen LogP contribution in [0.1, 0.15) is 27.9 Å². The Hall–Kier alpha value is -2.54.